The van der Waals surface area contributed by atoms with Gasteiger partial charge in [0, 0.05) is 5.56 Å². The molecule has 1 unspecified atom stereocenters. The summed E-state index contributed by atoms with van der Waals surface area (Å²) in [6.45, 7) is 0. The predicted molar refractivity (Wildman–Crippen MR) is 98.5 cm³/mol. The van der Waals surface area contributed by atoms with E-state index in [0.29, 0.717) is 11.4 Å². The van der Waals surface area contributed by atoms with Gasteiger partial charge < -0.3 is 14.8 Å². The summed E-state index contributed by atoms with van der Waals surface area (Å²) in [7, 11) is 1.40. The number of aromatic nitrogens is 2. The van der Waals surface area contributed by atoms with Crippen LogP contribution in [-0.4, -0.2) is 22.2 Å². The largest absolute Gasteiger partial charge is 0.494 e. The van der Waals surface area contributed by atoms with Gasteiger partial charge >= 0.3 is 0 Å². The Morgan fingerprint density at radius 3 is 2.62 bits per heavy atom. The zero-order chi connectivity index (χ0) is 18.1. The Morgan fingerprint density at radius 2 is 1.85 bits per heavy atom. The van der Waals surface area contributed by atoms with Crippen LogP contribution in [0.4, 0.5) is 4.39 Å². The molecule has 1 aromatic heterocycles. The first kappa shape index (κ1) is 16.3. The maximum atomic E-state index is 13.9. The Kier molecular flexibility index (Phi) is 4.14. The molecule has 3 aromatic carbocycles. The Bertz CT molecular complexity index is 1070. The van der Waals surface area contributed by atoms with E-state index in [2.05, 4.69) is 22.1 Å². The number of benzene rings is 3. The monoisotopic (exact) mass is 348 g/mol. The number of aliphatic hydroxyl groups excluding tert-OH is 1. The van der Waals surface area contributed by atoms with Crippen LogP contribution in [0.5, 0.6) is 5.75 Å². The van der Waals surface area contributed by atoms with Gasteiger partial charge in [0.2, 0.25) is 0 Å². The van der Waals surface area contributed by atoms with Crippen molar-refractivity contribution in [2.75, 3.05) is 7.11 Å². The van der Waals surface area contributed by atoms with Crippen LogP contribution in [0.1, 0.15) is 17.5 Å². The summed E-state index contributed by atoms with van der Waals surface area (Å²) in [4.78, 5) is 7.39. The maximum Gasteiger partial charge on any atom is 0.165 e. The molecule has 0 aliphatic rings. The molecule has 0 spiro atoms. The molecule has 5 heteroatoms. The maximum absolute atomic E-state index is 13.9. The summed E-state index contributed by atoms with van der Waals surface area (Å²) in [5.74, 6) is -0.0275. The van der Waals surface area contributed by atoms with Crippen LogP contribution < -0.4 is 4.74 Å². The standard InChI is InChI=1S/C21H17FN2O2/c1-26-19-9-8-16(11-17(19)22)20(25)21-23-12-18(24-21)15-7-6-13-4-2-3-5-14(13)10-15/h2-12,20,25H,1H3,(H,23,24). The minimum atomic E-state index is -1.05. The Hall–Kier alpha value is -3.18. The summed E-state index contributed by atoms with van der Waals surface area (Å²) in [5.41, 5.74) is 2.16. The second-order valence-corrected chi connectivity index (χ2v) is 6.04. The van der Waals surface area contributed by atoms with Crippen LogP contribution in [0.25, 0.3) is 22.0 Å². The lowest BCUT2D eigenvalue weighted by atomic mass is 10.1. The average Bonchev–Trinajstić information content (AvgIpc) is 3.17. The van der Waals surface area contributed by atoms with Crippen LogP contribution >= 0.6 is 0 Å². The van der Waals surface area contributed by atoms with E-state index < -0.39 is 11.9 Å². The second-order valence-electron chi connectivity index (χ2n) is 6.04. The highest BCUT2D eigenvalue weighted by Crippen LogP contribution is 2.28. The molecule has 0 fully saturated rings. The Balaban J connectivity index is 1.65. The van der Waals surface area contributed by atoms with E-state index in [1.165, 1.54) is 19.2 Å². The molecule has 0 aliphatic carbocycles. The number of H-pyrrole nitrogens is 1. The normalized spacial score (nSPS) is 12.3. The molecule has 0 saturated carbocycles. The van der Waals surface area contributed by atoms with E-state index in [9.17, 15) is 9.50 Å². The van der Waals surface area contributed by atoms with Crippen molar-refractivity contribution >= 4 is 10.8 Å². The van der Waals surface area contributed by atoms with Gasteiger partial charge in [-0.15, -0.1) is 0 Å². The first-order valence-corrected chi connectivity index (χ1v) is 8.21. The van der Waals surface area contributed by atoms with E-state index in [1.807, 2.05) is 30.3 Å². The van der Waals surface area contributed by atoms with Crippen LogP contribution in [0.2, 0.25) is 0 Å². The van der Waals surface area contributed by atoms with Gasteiger partial charge in [0.15, 0.2) is 11.6 Å². The lowest BCUT2D eigenvalue weighted by Crippen LogP contribution is -2.03. The van der Waals surface area contributed by atoms with E-state index in [4.69, 9.17) is 4.74 Å². The third-order valence-corrected chi connectivity index (χ3v) is 4.41. The van der Waals surface area contributed by atoms with Gasteiger partial charge in [0.25, 0.3) is 0 Å². The number of imidazole rings is 1. The second kappa shape index (κ2) is 6.61. The molecule has 1 heterocycles. The molecule has 0 amide bonds. The highest BCUT2D eigenvalue weighted by Gasteiger charge is 2.17. The fourth-order valence-corrected chi connectivity index (χ4v) is 2.99. The van der Waals surface area contributed by atoms with Crippen molar-refractivity contribution in [2.45, 2.75) is 6.10 Å². The summed E-state index contributed by atoms with van der Waals surface area (Å²) in [6, 6.07) is 18.6. The molecule has 0 bridgehead atoms. The van der Waals surface area contributed by atoms with Crippen LogP contribution in [0.3, 0.4) is 0 Å². The van der Waals surface area contributed by atoms with Crippen molar-refractivity contribution in [3.63, 3.8) is 0 Å². The van der Waals surface area contributed by atoms with Crippen LogP contribution in [-0.2, 0) is 0 Å². The number of nitrogens with zero attached hydrogens (tertiary/aromatic N) is 1. The first-order chi connectivity index (χ1) is 12.7. The van der Waals surface area contributed by atoms with E-state index >= 15 is 0 Å². The number of ether oxygens (including phenoxy) is 1. The van der Waals surface area contributed by atoms with Crippen LogP contribution in [0.15, 0.2) is 66.9 Å². The number of methoxy groups -OCH3 is 1. The smallest absolute Gasteiger partial charge is 0.165 e. The van der Waals surface area contributed by atoms with Gasteiger partial charge in [-0.2, -0.15) is 0 Å². The number of nitrogens with one attached hydrogen (secondary N) is 1. The lowest BCUT2D eigenvalue weighted by molar-refractivity contribution is 0.210. The predicted octanol–water partition coefficient (Wildman–Crippen LogP) is 4.46. The van der Waals surface area contributed by atoms with Gasteiger partial charge in [-0.05, 0) is 34.5 Å². The first-order valence-electron chi connectivity index (χ1n) is 8.21. The number of aliphatic hydroxyl groups is 1. The molecule has 26 heavy (non-hydrogen) atoms. The Morgan fingerprint density at radius 1 is 1.04 bits per heavy atom. The van der Waals surface area contributed by atoms with Crippen molar-refractivity contribution in [1.82, 2.24) is 9.97 Å². The van der Waals surface area contributed by atoms with Crippen molar-refractivity contribution < 1.29 is 14.2 Å². The van der Waals surface area contributed by atoms with Crippen molar-refractivity contribution in [1.29, 1.82) is 0 Å². The highest BCUT2D eigenvalue weighted by molar-refractivity contribution is 5.86. The number of hydrogen-bond acceptors (Lipinski definition) is 3. The van der Waals surface area contributed by atoms with Crippen molar-refractivity contribution in [3.05, 3.63) is 84.1 Å². The van der Waals surface area contributed by atoms with Gasteiger partial charge in [0.1, 0.15) is 11.9 Å². The molecule has 1 atom stereocenters. The lowest BCUT2D eigenvalue weighted by Gasteiger charge is -2.10. The van der Waals surface area contributed by atoms with Crippen LogP contribution in [0, 0.1) is 5.82 Å². The SMILES string of the molecule is COc1ccc(C(O)c2ncc(-c3ccc4ccccc4c3)[nH]2)cc1F. The molecule has 4 rings (SSSR count). The minimum Gasteiger partial charge on any atom is -0.494 e. The van der Waals surface area contributed by atoms with Gasteiger partial charge in [0.05, 0.1) is 19.0 Å². The zero-order valence-corrected chi connectivity index (χ0v) is 14.1. The fraction of sp³-hybridized carbons (Fsp3) is 0.0952. The molecular weight excluding hydrogens is 331 g/mol. The third-order valence-electron chi connectivity index (χ3n) is 4.41. The molecule has 4 aromatic rings. The fourth-order valence-electron chi connectivity index (χ4n) is 2.99. The Labute approximate surface area is 149 Å². The summed E-state index contributed by atoms with van der Waals surface area (Å²) in [5, 5.41) is 12.8. The van der Waals surface area contributed by atoms with E-state index in [1.54, 1.807) is 12.3 Å². The van der Waals surface area contributed by atoms with Gasteiger partial charge in [-0.25, -0.2) is 9.37 Å². The number of rotatable bonds is 4. The number of fused-ring (bicyclic) bond motifs is 1. The van der Waals surface area contributed by atoms with E-state index in [0.717, 1.165) is 22.0 Å². The number of hydrogen-bond donors (Lipinski definition) is 2. The molecule has 2 N–H and O–H groups in total. The van der Waals surface area contributed by atoms with Crippen molar-refractivity contribution in [3.8, 4) is 17.0 Å². The summed E-state index contributed by atoms with van der Waals surface area (Å²) < 4.78 is 18.8. The molecular formula is C21H17FN2O2. The van der Waals surface area contributed by atoms with Gasteiger partial charge in [-0.3, -0.25) is 0 Å². The highest BCUT2D eigenvalue weighted by atomic mass is 19.1. The quantitative estimate of drug-likeness (QED) is 0.572. The topological polar surface area (TPSA) is 58.1 Å². The third kappa shape index (κ3) is 2.93. The molecule has 0 radical (unpaired) electrons. The summed E-state index contributed by atoms with van der Waals surface area (Å²) >= 11 is 0. The van der Waals surface area contributed by atoms with Gasteiger partial charge in [-0.1, -0.05) is 42.5 Å². The number of aromatic amines is 1. The molecule has 4 nitrogen and oxygen atoms in total. The van der Waals surface area contributed by atoms with E-state index in [-0.39, 0.29) is 5.75 Å². The molecule has 0 aliphatic heterocycles. The average molecular weight is 348 g/mol. The summed E-state index contributed by atoms with van der Waals surface area (Å²) in [6.07, 6.45) is 0.618. The minimum absolute atomic E-state index is 0.136. The zero-order valence-electron chi connectivity index (χ0n) is 14.1. The van der Waals surface area contributed by atoms with Crippen molar-refractivity contribution in [2.24, 2.45) is 0 Å². The molecule has 0 saturated heterocycles. The molecule has 130 valence electrons. The number of halogens is 1.